The molecule has 1 amide bonds. The highest BCUT2D eigenvalue weighted by Gasteiger charge is 2.38. The molecular weight excluding hydrogens is 456 g/mol. The summed E-state index contributed by atoms with van der Waals surface area (Å²) in [6, 6.07) is 28.2. The van der Waals surface area contributed by atoms with Crippen LogP contribution in [-0.4, -0.2) is 47.2 Å². The van der Waals surface area contributed by atoms with E-state index in [1.807, 2.05) is 91.0 Å². The van der Waals surface area contributed by atoms with Crippen LogP contribution in [0.2, 0.25) is 0 Å². The Hall–Kier alpha value is -3.23. The zero-order chi connectivity index (χ0) is 25.2. The SMILES string of the molecule is N[C@@H]1CC[C@@H]([C@H](COCc2ccccc2)N(Cc2ccccc2)C(=O)OCc2ccccc2)OC1O. The van der Waals surface area contributed by atoms with Gasteiger partial charge in [-0.25, -0.2) is 4.79 Å². The Bertz CT molecular complexity index is 1050. The number of ether oxygens (including phenoxy) is 3. The topological polar surface area (TPSA) is 94.3 Å². The van der Waals surface area contributed by atoms with Gasteiger partial charge in [0.2, 0.25) is 0 Å². The summed E-state index contributed by atoms with van der Waals surface area (Å²) < 4.78 is 17.7. The van der Waals surface area contributed by atoms with Gasteiger partial charge >= 0.3 is 6.09 Å². The summed E-state index contributed by atoms with van der Waals surface area (Å²) >= 11 is 0. The standard InChI is InChI=1S/C29H34N2O5/c30-25-16-17-27(36-28(25)32)26(21-34-19-23-12-6-2-7-13-23)31(18-22-10-4-1-5-11-22)29(33)35-20-24-14-8-3-9-15-24/h1-15,25-28,32H,16-21,30H2/t25-,26+,27+,28?/m1/s1. The molecule has 3 aromatic carbocycles. The Morgan fingerprint density at radius 2 is 1.44 bits per heavy atom. The molecule has 0 bridgehead atoms. The lowest BCUT2D eigenvalue weighted by atomic mass is 9.98. The number of rotatable bonds is 10. The highest BCUT2D eigenvalue weighted by Crippen LogP contribution is 2.25. The molecule has 7 nitrogen and oxygen atoms in total. The first-order valence-corrected chi connectivity index (χ1v) is 12.3. The van der Waals surface area contributed by atoms with Crippen molar-refractivity contribution in [3.05, 3.63) is 108 Å². The zero-order valence-electron chi connectivity index (χ0n) is 20.3. The number of hydrogen-bond donors (Lipinski definition) is 2. The molecule has 0 spiro atoms. The van der Waals surface area contributed by atoms with Crippen molar-refractivity contribution in [1.82, 2.24) is 4.90 Å². The Labute approximate surface area is 212 Å². The molecule has 3 aromatic rings. The molecule has 0 radical (unpaired) electrons. The number of carbonyl (C=O) groups excluding carboxylic acids is 1. The molecule has 36 heavy (non-hydrogen) atoms. The molecule has 0 aromatic heterocycles. The fourth-order valence-electron chi connectivity index (χ4n) is 4.30. The van der Waals surface area contributed by atoms with E-state index >= 15 is 0 Å². The molecule has 3 N–H and O–H groups in total. The first-order valence-electron chi connectivity index (χ1n) is 12.3. The minimum atomic E-state index is -1.10. The van der Waals surface area contributed by atoms with Gasteiger partial charge in [0.1, 0.15) is 6.61 Å². The predicted molar refractivity (Wildman–Crippen MR) is 137 cm³/mol. The molecule has 7 heteroatoms. The van der Waals surface area contributed by atoms with E-state index in [4.69, 9.17) is 19.9 Å². The van der Waals surface area contributed by atoms with Crippen LogP contribution >= 0.6 is 0 Å². The lowest BCUT2D eigenvalue weighted by Gasteiger charge is -2.40. The molecular formula is C29H34N2O5. The number of benzene rings is 3. The molecule has 1 unspecified atom stereocenters. The van der Waals surface area contributed by atoms with Gasteiger partial charge in [-0.3, -0.25) is 4.90 Å². The third-order valence-electron chi connectivity index (χ3n) is 6.33. The molecule has 0 aliphatic carbocycles. The first kappa shape index (κ1) is 25.9. The van der Waals surface area contributed by atoms with Crippen LogP contribution in [0.4, 0.5) is 4.79 Å². The first-order chi connectivity index (χ1) is 17.6. The van der Waals surface area contributed by atoms with Crippen molar-refractivity contribution >= 4 is 6.09 Å². The number of hydrogen-bond acceptors (Lipinski definition) is 6. The molecule has 4 atom stereocenters. The Morgan fingerprint density at radius 1 is 0.889 bits per heavy atom. The van der Waals surface area contributed by atoms with E-state index in [1.165, 1.54) is 0 Å². The van der Waals surface area contributed by atoms with Gasteiger partial charge in [0, 0.05) is 6.54 Å². The Kier molecular flexibility index (Phi) is 9.47. The fraction of sp³-hybridized carbons (Fsp3) is 0.345. The second-order valence-corrected chi connectivity index (χ2v) is 9.03. The van der Waals surface area contributed by atoms with Gasteiger partial charge in [-0.05, 0) is 29.5 Å². The van der Waals surface area contributed by atoms with E-state index in [9.17, 15) is 9.90 Å². The van der Waals surface area contributed by atoms with Crippen LogP contribution < -0.4 is 5.73 Å². The number of aliphatic hydroxyl groups is 1. The van der Waals surface area contributed by atoms with Crippen LogP contribution in [0, 0.1) is 0 Å². The van der Waals surface area contributed by atoms with Crippen LogP contribution in [0.3, 0.4) is 0 Å². The lowest BCUT2D eigenvalue weighted by Crippen LogP contribution is -2.55. The van der Waals surface area contributed by atoms with Gasteiger partial charge in [0.25, 0.3) is 0 Å². The van der Waals surface area contributed by atoms with Gasteiger partial charge in [0.15, 0.2) is 6.29 Å². The summed E-state index contributed by atoms with van der Waals surface area (Å²) in [5, 5.41) is 10.3. The predicted octanol–water partition coefficient (Wildman–Crippen LogP) is 4.24. The van der Waals surface area contributed by atoms with E-state index in [2.05, 4.69) is 0 Å². The highest BCUT2D eigenvalue weighted by molar-refractivity contribution is 5.68. The second kappa shape index (κ2) is 13.2. The van der Waals surface area contributed by atoms with E-state index < -0.39 is 30.6 Å². The minimum Gasteiger partial charge on any atom is -0.445 e. The molecule has 1 aliphatic rings. The molecule has 4 rings (SSSR count). The quantitative estimate of drug-likeness (QED) is 0.442. The van der Waals surface area contributed by atoms with Gasteiger partial charge < -0.3 is 25.1 Å². The summed E-state index contributed by atoms with van der Waals surface area (Å²) in [5.41, 5.74) is 8.86. The Balaban J connectivity index is 1.54. The van der Waals surface area contributed by atoms with E-state index in [1.54, 1.807) is 4.90 Å². The maximum Gasteiger partial charge on any atom is 0.410 e. The fourth-order valence-corrected chi connectivity index (χ4v) is 4.30. The van der Waals surface area contributed by atoms with Crippen LogP contribution in [0.25, 0.3) is 0 Å². The second-order valence-electron chi connectivity index (χ2n) is 9.03. The smallest absolute Gasteiger partial charge is 0.410 e. The minimum absolute atomic E-state index is 0.154. The number of nitrogens with zero attached hydrogens (tertiary/aromatic N) is 1. The molecule has 1 saturated heterocycles. The average Bonchev–Trinajstić information content (AvgIpc) is 2.92. The summed E-state index contributed by atoms with van der Waals surface area (Å²) in [6.45, 7) is 1.08. The number of nitrogens with two attached hydrogens (primary N) is 1. The van der Waals surface area contributed by atoms with Crippen molar-refractivity contribution in [2.75, 3.05) is 6.61 Å². The van der Waals surface area contributed by atoms with Crippen LogP contribution in [0.15, 0.2) is 91.0 Å². The average molecular weight is 491 g/mol. The van der Waals surface area contributed by atoms with Gasteiger partial charge in [0.05, 0.1) is 31.4 Å². The summed E-state index contributed by atoms with van der Waals surface area (Å²) in [7, 11) is 0. The molecule has 190 valence electrons. The Morgan fingerprint density at radius 3 is 2.03 bits per heavy atom. The van der Waals surface area contributed by atoms with E-state index in [0.29, 0.717) is 26.0 Å². The van der Waals surface area contributed by atoms with Crippen LogP contribution in [0.1, 0.15) is 29.5 Å². The molecule has 1 heterocycles. The lowest BCUT2D eigenvalue weighted by molar-refractivity contribution is -0.194. The maximum absolute atomic E-state index is 13.5. The third kappa shape index (κ3) is 7.38. The van der Waals surface area contributed by atoms with Gasteiger partial charge in [-0.2, -0.15) is 0 Å². The van der Waals surface area contributed by atoms with Crippen molar-refractivity contribution < 1.29 is 24.1 Å². The number of aliphatic hydroxyl groups excluding tert-OH is 1. The van der Waals surface area contributed by atoms with Crippen molar-refractivity contribution in [2.45, 2.75) is 57.1 Å². The number of carbonyl (C=O) groups is 1. The van der Waals surface area contributed by atoms with Crippen LogP contribution in [0.5, 0.6) is 0 Å². The van der Waals surface area contributed by atoms with Crippen LogP contribution in [-0.2, 0) is 34.0 Å². The molecule has 1 fully saturated rings. The van der Waals surface area contributed by atoms with Gasteiger partial charge in [-0.1, -0.05) is 91.0 Å². The largest absolute Gasteiger partial charge is 0.445 e. The summed E-state index contributed by atoms with van der Waals surface area (Å²) in [4.78, 5) is 15.1. The van der Waals surface area contributed by atoms with Crippen molar-refractivity contribution in [3.63, 3.8) is 0 Å². The highest BCUT2D eigenvalue weighted by atomic mass is 16.6. The maximum atomic E-state index is 13.5. The monoisotopic (exact) mass is 490 g/mol. The van der Waals surface area contributed by atoms with Crippen molar-refractivity contribution in [3.8, 4) is 0 Å². The third-order valence-corrected chi connectivity index (χ3v) is 6.33. The van der Waals surface area contributed by atoms with Crippen molar-refractivity contribution in [2.24, 2.45) is 5.73 Å². The van der Waals surface area contributed by atoms with E-state index in [0.717, 1.165) is 16.7 Å². The summed E-state index contributed by atoms with van der Waals surface area (Å²) in [6.07, 6.45) is -0.847. The molecule has 1 aliphatic heterocycles. The number of amides is 1. The zero-order valence-corrected chi connectivity index (χ0v) is 20.3. The normalized spacial score (nSPS) is 20.4. The van der Waals surface area contributed by atoms with E-state index in [-0.39, 0.29) is 13.2 Å². The van der Waals surface area contributed by atoms with Gasteiger partial charge in [-0.15, -0.1) is 0 Å². The summed E-state index contributed by atoms with van der Waals surface area (Å²) in [5.74, 6) is 0. The van der Waals surface area contributed by atoms with Crippen molar-refractivity contribution in [1.29, 1.82) is 0 Å². The molecule has 0 saturated carbocycles.